The van der Waals surface area contributed by atoms with Crippen LogP contribution in [0.4, 0.5) is 5.69 Å². The van der Waals surface area contributed by atoms with Gasteiger partial charge >= 0.3 is 0 Å². The molecule has 1 aromatic carbocycles. The highest BCUT2D eigenvalue weighted by atomic mass is 32.2. The Hall–Kier alpha value is -1.44. The fraction of sp³-hybridized carbons (Fsp3) is 0.417. The molecule has 6 nitrogen and oxygen atoms in total. The van der Waals surface area contributed by atoms with Crippen LogP contribution < -0.4 is 10.0 Å². The average molecular weight is 286 g/mol. The summed E-state index contributed by atoms with van der Waals surface area (Å²) in [5, 5.41) is 2.63. The lowest BCUT2D eigenvalue weighted by Crippen LogP contribution is -2.27. The zero-order valence-electron chi connectivity index (χ0n) is 11.2. The first-order chi connectivity index (χ1) is 8.86. The largest absolute Gasteiger partial charge is 0.383 e. The smallest absolute Gasteiger partial charge is 0.240 e. The minimum atomic E-state index is -3.54. The van der Waals surface area contributed by atoms with Gasteiger partial charge in [-0.05, 0) is 30.7 Å². The Morgan fingerprint density at radius 1 is 1.37 bits per heavy atom. The maximum atomic E-state index is 11.9. The highest BCUT2D eigenvalue weighted by molar-refractivity contribution is 7.89. The number of hydrogen-bond donors (Lipinski definition) is 2. The second-order valence-corrected chi connectivity index (χ2v) is 5.82. The van der Waals surface area contributed by atoms with Crippen LogP contribution in [0.5, 0.6) is 0 Å². The van der Waals surface area contributed by atoms with Gasteiger partial charge in [0.2, 0.25) is 15.9 Å². The fourth-order valence-electron chi connectivity index (χ4n) is 1.49. The van der Waals surface area contributed by atoms with Gasteiger partial charge in [-0.3, -0.25) is 4.79 Å². The van der Waals surface area contributed by atoms with Crippen LogP contribution in [0.15, 0.2) is 23.1 Å². The third kappa shape index (κ3) is 4.62. The maximum Gasteiger partial charge on any atom is 0.240 e. The minimum Gasteiger partial charge on any atom is -0.383 e. The molecule has 1 amide bonds. The second-order valence-electron chi connectivity index (χ2n) is 4.05. The van der Waals surface area contributed by atoms with Gasteiger partial charge in [0.05, 0.1) is 11.5 Å². The molecule has 0 radical (unpaired) electrons. The van der Waals surface area contributed by atoms with Crippen molar-refractivity contribution in [3.8, 4) is 0 Å². The second kappa shape index (κ2) is 6.65. The Morgan fingerprint density at radius 2 is 2.05 bits per heavy atom. The van der Waals surface area contributed by atoms with Crippen molar-refractivity contribution >= 4 is 21.6 Å². The molecule has 0 saturated carbocycles. The Kier molecular flexibility index (Phi) is 5.46. The molecule has 0 heterocycles. The van der Waals surface area contributed by atoms with Gasteiger partial charge in [0.1, 0.15) is 0 Å². The van der Waals surface area contributed by atoms with Gasteiger partial charge in [-0.2, -0.15) is 0 Å². The molecule has 0 aromatic heterocycles. The summed E-state index contributed by atoms with van der Waals surface area (Å²) in [6, 6.07) is 4.54. The van der Waals surface area contributed by atoms with Gasteiger partial charge in [0, 0.05) is 26.3 Å². The molecule has 2 N–H and O–H groups in total. The molecule has 19 heavy (non-hydrogen) atoms. The van der Waals surface area contributed by atoms with E-state index >= 15 is 0 Å². The highest BCUT2D eigenvalue weighted by Gasteiger charge is 2.14. The molecule has 0 aliphatic heterocycles. The molecule has 106 valence electrons. The van der Waals surface area contributed by atoms with Crippen molar-refractivity contribution in [2.45, 2.75) is 18.7 Å². The predicted molar refractivity (Wildman–Crippen MR) is 72.5 cm³/mol. The Morgan fingerprint density at radius 3 is 2.58 bits per heavy atom. The summed E-state index contributed by atoms with van der Waals surface area (Å²) in [6.45, 7) is 3.66. The van der Waals surface area contributed by atoms with E-state index in [1.54, 1.807) is 13.0 Å². The molecule has 7 heteroatoms. The Bertz CT molecular complexity index is 555. The number of aryl methyl sites for hydroxylation is 1. The molecule has 0 aliphatic rings. The summed E-state index contributed by atoms with van der Waals surface area (Å²) < 4.78 is 31.1. The third-order valence-electron chi connectivity index (χ3n) is 2.42. The van der Waals surface area contributed by atoms with Crippen LogP contribution in [0.2, 0.25) is 0 Å². The lowest BCUT2D eigenvalue weighted by atomic mass is 10.2. The monoisotopic (exact) mass is 286 g/mol. The Balaban J connectivity index is 2.90. The van der Waals surface area contributed by atoms with E-state index in [-0.39, 0.29) is 17.3 Å². The summed E-state index contributed by atoms with van der Waals surface area (Å²) in [6.07, 6.45) is 0. The van der Waals surface area contributed by atoms with Crippen molar-refractivity contribution in [3.63, 3.8) is 0 Å². The van der Waals surface area contributed by atoms with E-state index in [1.165, 1.54) is 26.2 Å². The molecule has 0 fully saturated rings. The van der Waals surface area contributed by atoms with Crippen LogP contribution in [0, 0.1) is 6.92 Å². The van der Waals surface area contributed by atoms with Crippen LogP contribution in [-0.4, -0.2) is 34.6 Å². The molecular formula is C12H18N2O4S. The predicted octanol–water partition coefficient (Wildman–Crippen LogP) is 0.878. The first-order valence-corrected chi connectivity index (χ1v) is 7.22. The molecule has 0 bridgehead atoms. The van der Waals surface area contributed by atoms with Crippen LogP contribution in [-0.2, 0) is 19.6 Å². The number of sulfonamides is 1. The van der Waals surface area contributed by atoms with E-state index in [9.17, 15) is 13.2 Å². The van der Waals surface area contributed by atoms with Gasteiger partial charge in [0.25, 0.3) is 0 Å². The van der Waals surface area contributed by atoms with Crippen LogP contribution >= 0.6 is 0 Å². The number of methoxy groups -OCH3 is 1. The Labute approximate surface area is 113 Å². The average Bonchev–Trinajstić information content (AvgIpc) is 2.31. The van der Waals surface area contributed by atoms with Gasteiger partial charge in [-0.25, -0.2) is 13.1 Å². The van der Waals surface area contributed by atoms with Crippen molar-refractivity contribution in [2.75, 3.05) is 25.6 Å². The van der Waals surface area contributed by atoms with E-state index in [2.05, 4.69) is 10.0 Å². The number of carbonyl (C=O) groups excluding carboxylic acids is 1. The zero-order chi connectivity index (χ0) is 14.5. The topological polar surface area (TPSA) is 84.5 Å². The normalized spacial score (nSPS) is 11.3. The van der Waals surface area contributed by atoms with Crippen molar-refractivity contribution in [2.24, 2.45) is 0 Å². The molecule has 0 spiro atoms. The molecule has 1 rings (SSSR count). The standard InChI is InChI=1S/C12H18N2O4S/c1-9-8-11(4-5-12(9)14-10(2)15)19(16,17)13-6-7-18-3/h4-5,8,13H,6-7H2,1-3H3,(H,14,15). The van der Waals surface area contributed by atoms with Crippen molar-refractivity contribution in [3.05, 3.63) is 23.8 Å². The number of carbonyl (C=O) groups is 1. The molecule has 0 atom stereocenters. The zero-order valence-corrected chi connectivity index (χ0v) is 12.0. The number of hydrogen-bond acceptors (Lipinski definition) is 4. The quantitative estimate of drug-likeness (QED) is 0.760. The number of amides is 1. The summed E-state index contributed by atoms with van der Waals surface area (Å²) in [5.74, 6) is -0.197. The lowest BCUT2D eigenvalue weighted by Gasteiger charge is -2.10. The first kappa shape index (κ1) is 15.6. The SMILES string of the molecule is COCCNS(=O)(=O)c1ccc(NC(C)=O)c(C)c1. The van der Waals surface area contributed by atoms with Crippen molar-refractivity contribution < 1.29 is 17.9 Å². The maximum absolute atomic E-state index is 11.9. The van der Waals surface area contributed by atoms with E-state index in [0.29, 0.717) is 17.9 Å². The van der Waals surface area contributed by atoms with E-state index in [4.69, 9.17) is 4.74 Å². The summed E-state index contributed by atoms with van der Waals surface area (Å²) in [5.41, 5.74) is 1.29. The van der Waals surface area contributed by atoms with Crippen molar-refractivity contribution in [1.29, 1.82) is 0 Å². The number of rotatable bonds is 6. The number of anilines is 1. The first-order valence-electron chi connectivity index (χ1n) is 5.73. The molecule has 0 unspecified atom stereocenters. The van der Waals surface area contributed by atoms with Crippen LogP contribution in [0.3, 0.4) is 0 Å². The molecule has 0 saturated heterocycles. The van der Waals surface area contributed by atoms with E-state index in [0.717, 1.165) is 0 Å². The number of nitrogens with one attached hydrogen (secondary N) is 2. The van der Waals surface area contributed by atoms with Gasteiger partial charge in [-0.15, -0.1) is 0 Å². The van der Waals surface area contributed by atoms with Gasteiger partial charge in [-0.1, -0.05) is 0 Å². The van der Waals surface area contributed by atoms with E-state index in [1.807, 2.05) is 0 Å². The van der Waals surface area contributed by atoms with Gasteiger partial charge < -0.3 is 10.1 Å². The van der Waals surface area contributed by atoms with Crippen LogP contribution in [0.25, 0.3) is 0 Å². The summed E-state index contributed by atoms with van der Waals surface area (Å²) in [4.78, 5) is 11.1. The lowest BCUT2D eigenvalue weighted by molar-refractivity contribution is -0.114. The third-order valence-corrected chi connectivity index (χ3v) is 3.88. The molecule has 0 aliphatic carbocycles. The minimum absolute atomic E-state index is 0.162. The summed E-state index contributed by atoms with van der Waals surface area (Å²) >= 11 is 0. The fourth-order valence-corrected chi connectivity index (χ4v) is 2.59. The molecule has 1 aromatic rings. The highest BCUT2D eigenvalue weighted by Crippen LogP contribution is 2.19. The van der Waals surface area contributed by atoms with Crippen molar-refractivity contribution in [1.82, 2.24) is 4.72 Å². The number of benzene rings is 1. The molecular weight excluding hydrogens is 268 g/mol. The number of ether oxygens (including phenoxy) is 1. The van der Waals surface area contributed by atoms with E-state index < -0.39 is 10.0 Å². The van der Waals surface area contributed by atoms with Crippen LogP contribution in [0.1, 0.15) is 12.5 Å². The summed E-state index contributed by atoms with van der Waals surface area (Å²) in [7, 11) is -2.04. The van der Waals surface area contributed by atoms with Gasteiger partial charge in [0.15, 0.2) is 0 Å².